The molecule has 0 aromatic rings. The van der Waals surface area contributed by atoms with E-state index in [1.807, 2.05) is 6.08 Å². The largest absolute Gasteiger partial charge is 0.465 e. The zero-order valence-electron chi connectivity index (χ0n) is 11.8. The molecule has 2 atom stereocenters. The smallest absolute Gasteiger partial charge is 0.412 e. The standard InChI is InChI=1S/C15H20N2O4/c18-13(11-5-1-3-9-16-11)7-8-14(19)12-6-2-4-10-17(12)15(20)21/h3-4,9-12,16H,1-2,5-8H2,(H,20,21). The zero-order valence-corrected chi connectivity index (χ0v) is 11.8. The lowest BCUT2D eigenvalue weighted by atomic mass is 9.95. The molecule has 2 aliphatic rings. The van der Waals surface area contributed by atoms with Gasteiger partial charge in [-0.1, -0.05) is 12.2 Å². The number of nitrogens with one attached hydrogen (secondary N) is 1. The molecule has 21 heavy (non-hydrogen) atoms. The van der Waals surface area contributed by atoms with Crippen molar-refractivity contribution in [3.8, 4) is 0 Å². The number of rotatable bonds is 5. The van der Waals surface area contributed by atoms with Crippen LogP contribution in [0, 0.1) is 0 Å². The van der Waals surface area contributed by atoms with E-state index in [0.29, 0.717) is 12.8 Å². The van der Waals surface area contributed by atoms with Crippen LogP contribution in [-0.2, 0) is 9.59 Å². The van der Waals surface area contributed by atoms with Gasteiger partial charge in [0.1, 0.15) is 0 Å². The van der Waals surface area contributed by atoms with Gasteiger partial charge in [-0.2, -0.15) is 0 Å². The van der Waals surface area contributed by atoms with E-state index in [2.05, 4.69) is 5.32 Å². The molecule has 2 rings (SSSR count). The number of hydrogen-bond donors (Lipinski definition) is 2. The Morgan fingerprint density at radius 3 is 2.48 bits per heavy atom. The van der Waals surface area contributed by atoms with Crippen molar-refractivity contribution < 1.29 is 19.5 Å². The van der Waals surface area contributed by atoms with Crippen LogP contribution in [0.1, 0.15) is 38.5 Å². The Kier molecular flexibility index (Phi) is 5.14. The summed E-state index contributed by atoms with van der Waals surface area (Å²) < 4.78 is 0. The van der Waals surface area contributed by atoms with Crippen molar-refractivity contribution in [2.75, 3.05) is 0 Å². The van der Waals surface area contributed by atoms with Gasteiger partial charge in [0.25, 0.3) is 0 Å². The summed E-state index contributed by atoms with van der Waals surface area (Å²) >= 11 is 0. The molecule has 0 radical (unpaired) electrons. The fourth-order valence-electron chi connectivity index (χ4n) is 2.65. The van der Waals surface area contributed by atoms with Crippen molar-refractivity contribution in [2.24, 2.45) is 0 Å². The van der Waals surface area contributed by atoms with Gasteiger partial charge >= 0.3 is 6.09 Å². The molecule has 0 saturated heterocycles. The first-order valence-corrected chi connectivity index (χ1v) is 7.24. The van der Waals surface area contributed by atoms with E-state index < -0.39 is 12.1 Å². The molecule has 6 nitrogen and oxygen atoms in total. The average molecular weight is 292 g/mol. The van der Waals surface area contributed by atoms with Crippen molar-refractivity contribution in [3.05, 3.63) is 24.6 Å². The van der Waals surface area contributed by atoms with Gasteiger partial charge in [0.15, 0.2) is 11.6 Å². The molecule has 114 valence electrons. The van der Waals surface area contributed by atoms with E-state index in [1.54, 1.807) is 12.3 Å². The second-order valence-electron chi connectivity index (χ2n) is 5.30. The third-order valence-corrected chi connectivity index (χ3v) is 3.84. The van der Waals surface area contributed by atoms with Crippen molar-refractivity contribution in [1.82, 2.24) is 10.2 Å². The van der Waals surface area contributed by atoms with E-state index in [9.17, 15) is 14.4 Å². The Hall–Kier alpha value is -2.11. The van der Waals surface area contributed by atoms with Crippen LogP contribution in [0.4, 0.5) is 4.79 Å². The average Bonchev–Trinajstić information content (AvgIpc) is 2.53. The number of hydrogen-bond acceptors (Lipinski definition) is 4. The normalized spacial score (nSPS) is 24.5. The van der Waals surface area contributed by atoms with Gasteiger partial charge in [-0.05, 0) is 31.9 Å². The highest BCUT2D eigenvalue weighted by Gasteiger charge is 2.30. The van der Waals surface area contributed by atoms with Crippen LogP contribution in [0.3, 0.4) is 0 Å². The second-order valence-corrected chi connectivity index (χ2v) is 5.30. The highest BCUT2D eigenvalue weighted by Crippen LogP contribution is 2.18. The van der Waals surface area contributed by atoms with Gasteiger partial charge in [0, 0.05) is 19.0 Å². The minimum absolute atomic E-state index is 0.0147. The maximum atomic E-state index is 12.2. The molecule has 0 saturated carbocycles. The molecule has 6 heteroatoms. The lowest BCUT2D eigenvalue weighted by Gasteiger charge is -2.28. The molecule has 1 amide bonds. The van der Waals surface area contributed by atoms with Crippen LogP contribution in [0.5, 0.6) is 0 Å². The topological polar surface area (TPSA) is 86.7 Å². The first-order valence-electron chi connectivity index (χ1n) is 7.24. The molecular weight excluding hydrogens is 272 g/mol. The molecule has 2 aliphatic heterocycles. The van der Waals surface area contributed by atoms with E-state index in [-0.39, 0.29) is 30.4 Å². The zero-order chi connectivity index (χ0) is 15.2. The van der Waals surface area contributed by atoms with E-state index in [4.69, 9.17) is 5.11 Å². The molecule has 0 aliphatic carbocycles. The van der Waals surface area contributed by atoms with Crippen molar-refractivity contribution >= 4 is 17.7 Å². The molecule has 2 heterocycles. The number of allylic oxidation sites excluding steroid dienone is 2. The highest BCUT2D eigenvalue weighted by atomic mass is 16.4. The quantitative estimate of drug-likeness (QED) is 0.807. The number of nitrogens with zero attached hydrogens (tertiary/aromatic N) is 1. The summed E-state index contributed by atoms with van der Waals surface area (Å²) in [6.45, 7) is 0. The van der Waals surface area contributed by atoms with Crippen LogP contribution < -0.4 is 5.32 Å². The Morgan fingerprint density at radius 1 is 1.10 bits per heavy atom. The molecule has 0 aromatic heterocycles. The summed E-state index contributed by atoms with van der Waals surface area (Å²) in [7, 11) is 0. The predicted octanol–water partition coefficient (Wildman–Crippen LogP) is 1.83. The first kappa shape index (κ1) is 15.3. The third-order valence-electron chi connectivity index (χ3n) is 3.84. The van der Waals surface area contributed by atoms with E-state index in [0.717, 1.165) is 17.7 Å². The lowest BCUT2D eigenvalue weighted by molar-refractivity contribution is -0.127. The summed E-state index contributed by atoms with van der Waals surface area (Å²) in [5, 5.41) is 12.1. The Balaban J connectivity index is 1.86. The fraction of sp³-hybridized carbons (Fsp3) is 0.533. The van der Waals surface area contributed by atoms with Gasteiger partial charge in [-0.15, -0.1) is 0 Å². The van der Waals surface area contributed by atoms with Crippen molar-refractivity contribution in [2.45, 2.75) is 50.6 Å². The number of carboxylic acid groups (broad SMARTS) is 1. The maximum Gasteiger partial charge on any atom is 0.412 e. The van der Waals surface area contributed by atoms with Crippen LogP contribution in [0.2, 0.25) is 0 Å². The minimum Gasteiger partial charge on any atom is -0.465 e. The molecule has 2 N–H and O–H groups in total. The highest BCUT2D eigenvalue weighted by molar-refractivity contribution is 5.92. The number of carbonyl (C=O) groups is 3. The van der Waals surface area contributed by atoms with Crippen molar-refractivity contribution in [3.63, 3.8) is 0 Å². The van der Waals surface area contributed by atoms with Gasteiger partial charge < -0.3 is 10.4 Å². The van der Waals surface area contributed by atoms with Gasteiger partial charge in [-0.25, -0.2) is 4.79 Å². The second kappa shape index (κ2) is 7.06. The fourth-order valence-corrected chi connectivity index (χ4v) is 2.65. The summed E-state index contributed by atoms with van der Waals surface area (Å²) in [5.74, 6) is -0.164. The number of Topliss-reactive ketones (excluding diaryl/α,β-unsaturated/α-hetero) is 2. The predicted molar refractivity (Wildman–Crippen MR) is 76.6 cm³/mol. The summed E-state index contributed by atoms with van der Waals surface area (Å²) in [4.78, 5) is 36.3. The Bertz CT molecular complexity index is 484. The number of ketones is 2. The SMILES string of the molecule is O=C(CCC(=O)C1CCC=CN1C(=O)O)C1CCC=CN1. The Morgan fingerprint density at radius 2 is 1.81 bits per heavy atom. The minimum atomic E-state index is -1.13. The molecule has 2 unspecified atom stereocenters. The lowest BCUT2D eigenvalue weighted by Crippen LogP contribution is -2.43. The van der Waals surface area contributed by atoms with Gasteiger partial charge in [-0.3, -0.25) is 14.5 Å². The monoisotopic (exact) mass is 292 g/mol. The number of carbonyl (C=O) groups excluding carboxylic acids is 2. The summed E-state index contributed by atoms with van der Waals surface area (Å²) in [6, 6.07) is -0.871. The van der Waals surface area contributed by atoms with Crippen LogP contribution >= 0.6 is 0 Å². The summed E-state index contributed by atoms with van der Waals surface area (Å²) in [5.41, 5.74) is 0. The molecule has 0 bridgehead atoms. The first-order chi connectivity index (χ1) is 10.1. The van der Waals surface area contributed by atoms with E-state index in [1.165, 1.54) is 6.20 Å². The number of amides is 1. The van der Waals surface area contributed by atoms with Crippen LogP contribution in [0.15, 0.2) is 24.6 Å². The van der Waals surface area contributed by atoms with Gasteiger partial charge in [0.2, 0.25) is 0 Å². The van der Waals surface area contributed by atoms with Crippen molar-refractivity contribution in [1.29, 1.82) is 0 Å². The van der Waals surface area contributed by atoms with Crippen LogP contribution in [-0.4, -0.2) is 39.7 Å². The third kappa shape index (κ3) is 3.93. The summed E-state index contributed by atoms with van der Waals surface area (Å²) in [6.07, 6.45) is 8.82. The maximum absolute atomic E-state index is 12.2. The molecule has 0 spiro atoms. The Labute approximate surface area is 123 Å². The molecular formula is C15H20N2O4. The molecule has 0 fully saturated rings. The molecule has 0 aromatic carbocycles. The van der Waals surface area contributed by atoms with Gasteiger partial charge in [0.05, 0.1) is 12.1 Å². The van der Waals surface area contributed by atoms with E-state index >= 15 is 0 Å². The van der Waals surface area contributed by atoms with Crippen LogP contribution in [0.25, 0.3) is 0 Å².